The Labute approximate surface area is 123 Å². The zero-order valence-electron chi connectivity index (χ0n) is 11.4. The molecule has 116 valence electrons. The van der Waals surface area contributed by atoms with Gasteiger partial charge in [-0.1, -0.05) is 12.1 Å². The first-order chi connectivity index (χ1) is 9.94. The molecule has 0 saturated carbocycles. The average molecular weight is 314 g/mol. The molecule has 1 atom stereocenters. The van der Waals surface area contributed by atoms with Crippen LogP contribution in [-0.4, -0.2) is 41.5 Å². The van der Waals surface area contributed by atoms with E-state index in [9.17, 15) is 13.2 Å². The van der Waals surface area contributed by atoms with Crippen LogP contribution in [0.3, 0.4) is 0 Å². The van der Waals surface area contributed by atoms with Crippen molar-refractivity contribution >= 4 is 21.9 Å². The van der Waals surface area contributed by atoms with Gasteiger partial charge in [-0.15, -0.1) is 0 Å². The number of hydrogen-bond donors (Lipinski definition) is 3. The Morgan fingerprint density at radius 2 is 1.95 bits per heavy atom. The highest BCUT2D eigenvalue weighted by atomic mass is 32.2. The number of aliphatic hydroxyl groups excluding tert-OH is 1. The summed E-state index contributed by atoms with van der Waals surface area (Å²) in [5.41, 5.74) is 1.00. The van der Waals surface area contributed by atoms with Crippen LogP contribution in [0.5, 0.6) is 0 Å². The predicted molar refractivity (Wildman–Crippen MR) is 76.9 cm³/mol. The highest BCUT2D eigenvalue weighted by Gasteiger charge is 2.36. The third-order valence-corrected chi connectivity index (χ3v) is 4.98. The van der Waals surface area contributed by atoms with E-state index >= 15 is 0 Å². The molecule has 0 spiro atoms. The van der Waals surface area contributed by atoms with Gasteiger partial charge in [-0.05, 0) is 37.0 Å². The first-order valence-electron chi connectivity index (χ1n) is 6.66. The Morgan fingerprint density at radius 3 is 2.52 bits per heavy atom. The summed E-state index contributed by atoms with van der Waals surface area (Å²) in [4.78, 5) is 11.2. The maximum absolute atomic E-state index is 12.3. The lowest BCUT2D eigenvalue weighted by Gasteiger charge is -2.31. The third-order valence-electron chi connectivity index (χ3n) is 3.43. The highest BCUT2D eigenvalue weighted by Crippen LogP contribution is 2.22. The van der Waals surface area contributed by atoms with Crippen molar-refractivity contribution in [2.24, 2.45) is 0 Å². The highest BCUT2D eigenvalue weighted by molar-refractivity contribution is 7.90. The van der Waals surface area contributed by atoms with E-state index in [-0.39, 0.29) is 13.2 Å². The van der Waals surface area contributed by atoms with Crippen molar-refractivity contribution in [2.75, 3.05) is 11.3 Å². The van der Waals surface area contributed by atoms with E-state index in [1.54, 1.807) is 12.1 Å². The van der Waals surface area contributed by atoms with E-state index < -0.39 is 22.2 Å². The molecule has 1 aliphatic heterocycles. The van der Waals surface area contributed by atoms with Crippen LogP contribution in [-0.2, 0) is 21.6 Å². The third kappa shape index (κ3) is 3.72. The Balaban J connectivity index is 2.17. The second-order valence-corrected chi connectivity index (χ2v) is 6.55. The quantitative estimate of drug-likeness (QED) is 0.744. The molecular weight excluding hydrogens is 296 g/mol. The van der Waals surface area contributed by atoms with E-state index in [1.807, 2.05) is 0 Å². The molecule has 1 aromatic rings. The van der Waals surface area contributed by atoms with Gasteiger partial charge in [0.05, 0.1) is 6.61 Å². The number of nitrogens with one attached hydrogen (secondary N) is 1. The van der Waals surface area contributed by atoms with Gasteiger partial charge in [0.1, 0.15) is 6.04 Å². The summed E-state index contributed by atoms with van der Waals surface area (Å²) in [6, 6.07) is 5.24. The summed E-state index contributed by atoms with van der Waals surface area (Å²) in [6.07, 6.45) is 1.67. The minimum Gasteiger partial charge on any atom is -0.480 e. The van der Waals surface area contributed by atoms with Gasteiger partial charge in [0, 0.05) is 12.2 Å². The van der Waals surface area contributed by atoms with Crippen LogP contribution in [0.25, 0.3) is 0 Å². The van der Waals surface area contributed by atoms with Gasteiger partial charge in [-0.2, -0.15) is 12.7 Å². The number of aliphatic carboxylic acids is 1. The predicted octanol–water partition coefficient (Wildman–Crippen LogP) is 0.775. The van der Waals surface area contributed by atoms with Gasteiger partial charge in [0.2, 0.25) is 0 Å². The first kappa shape index (κ1) is 15.7. The number of piperidine rings is 1. The Bertz CT molecular complexity index is 599. The molecule has 7 nitrogen and oxygen atoms in total. The summed E-state index contributed by atoms with van der Waals surface area (Å²) in [7, 11) is -3.91. The van der Waals surface area contributed by atoms with Crippen LogP contribution in [0.4, 0.5) is 5.69 Å². The molecule has 1 saturated heterocycles. The molecule has 3 N–H and O–H groups in total. The summed E-state index contributed by atoms with van der Waals surface area (Å²) in [5.74, 6) is -1.13. The maximum atomic E-state index is 12.3. The molecule has 2 rings (SSSR count). The summed E-state index contributed by atoms with van der Waals surface area (Å²) in [6.45, 7) is 0.0707. The van der Waals surface area contributed by atoms with Crippen LogP contribution in [0.15, 0.2) is 24.3 Å². The lowest BCUT2D eigenvalue weighted by Crippen LogP contribution is -2.49. The molecule has 0 aliphatic carbocycles. The van der Waals surface area contributed by atoms with E-state index in [2.05, 4.69) is 4.72 Å². The smallest absolute Gasteiger partial charge is 0.322 e. The number of aliphatic hydroxyl groups is 1. The van der Waals surface area contributed by atoms with Crippen molar-refractivity contribution in [3.63, 3.8) is 0 Å². The van der Waals surface area contributed by atoms with Crippen molar-refractivity contribution in [3.05, 3.63) is 29.8 Å². The summed E-state index contributed by atoms with van der Waals surface area (Å²) in [5, 5.41) is 18.1. The number of hydrogen-bond acceptors (Lipinski definition) is 4. The Hall–Kier alpha value is -1.64. The molecule has 0 aromatic heterocycles. The number of carbonyl (C=O) groups is 1. The average Bonchev–Trinajstić information content (AvgIpc) is 2.47. The van der Waals surface area contributed by atoms with Gasteiger partial charge >= 0.3 is 16.2 Å². The zero-order chi connectivity index (χ0) is 15.5. The minimum absolute atomic E-state index is 0.125. The summed E-state index contributed by atoms with van der Waals surface area (Å²) >= 11 is 0. The minimum atomic E-state index is -3.91. The molecule has 1 unspecified atom stereocenters. The SMILES string of the molecule is O=C(O)C1CCCCN1S(=O)(=O)Nc1ccc(CO)cc1. The molecule has 1 aliphatic rings. The Morgan fingerprint density at radius 1 is 1.29 bits per heavy atom. The van der Waals surface area contributed by atoms with Gasteiger partial charge in [-0.25, -0.2) is 0 Å². The van der Waals surface area contributed by atoms with Crippen LogP contribution in [0.2, 0.25) is 0 Å². The number of carboxylic acid groups (broad SMARTS) is 1. The monoisotopic (exact) mass is 314 g/mol. The molecule has 1 fully saturated rings. The fraction of sp³-hybridized carbons (Fsp3) is 0.462. The van der Waals surface area contributed by atoms with Gasteiger partial charge in [-0.3, -0.25) is 9.52 Å². The summed E-state index contributed by atoms with van der Waals surface area (Å²) < 4.78 is 28.0. The molecule has 1 aromatic carbocycles. The van der Waals surface area contributed by atoms with Crippen LogP contribution in [0, 0.1) is 0 Å². The second-order valence-electron chi connectivity index (χ2n) is 4.92. The van der Waals surface area contributed by atoms with E-state index in [0.717, 1.165) is 4.31 Å². The number of rotatable bonds is 5. The number of benzene rings is 1. The molecule has 21 heavy (non-hydrogen) atoms. The van der Waals surface area contributed by atoms with Crippen molar-refractivity contribution in [3.8, 4) is 0 Å². The van der Waals surface area contributed by atoms with E-state index in [0.29, 0.717) is 30.5 Å². The molecular formula is C13H18N2O5S. The topological polar surface area (TPSA) is 107 Å². The van der Waals surface area contributed by atoms with Gasteiger partial charge in [0.25, 0.3) is 0 Å². The van der Waals surface area contributed by atoms with E-state index in [1.165, 1.54) is 12.1 Å². The molecule has 0 radical (unpaired) electrons. The normalized spacial score (nSPS) is 20.1. The van der Waals surface area contributed by atoms with Crippen LogP contribution < -0.4 is 4.72 Å². The van der Waals surface area contributed by atoms with Crippen molar-refractivity contribution in [1.82, 2.24) is 4.31 Å². The van der Waals surface area contributed by atoms with Crippen molar-refractivity contribution < 1.29 is 23.4 Å². The largest absolute Gasteiger partial charge is 0.480 e. The fourth-order valence-corrected chi connectivity index (χ4v) is 3.78. The molecule has 0 bridgehead atoms. The first-order valence-corrected chi connectivity index (χ1v) is 8.10. The van der Waals surface area contributed by atoms with Crippen LogP contribution in [0.1, 0.15) is 24.8 Å². The van der Waals surface area contributed by atoms with Crippen molar-refractivity contribution in [2.45, 2.75) is 31.9 Å². The molecule has 0 amide bonds. The zero-order valence-corrected chi connectivity index (χ0v) is 12.2. The van der Waals surface area contributed by atoms with E-state index in [4.69, 9.17) is 10.2 Å². The van der Waals surface area contributed by atoms with Gasteiger partial charge in [0.15, 0.2) is 0 Å². The number of anilines is 1. The second kappa shape index (κ2) is 6.42. The van der Waals surface area contributed by atoms with Crippen molar-refractivity contribution in [1.29, 1.82) is 0 Å². The lowest BCUT2D eigenvalue weighted by molar-refractivity contribution is -0.142. The number of carboxylic acids is 1. The fourth-order valence-electron chi connectivity index (χ4n) is 2.33. The lowest BCUT2D eigenvalue weighted by atomic mass is 10.1. The molecule has 1 heterocycles. The standard InChI is InChI=1S/C13H18N2O5S/c16-9-10-4-6-11(7-5-10)14-21(19,20)15-8-2-1-3-12(15)13(17)18/h4-7,12,14,16H,1-3,8-9H2,(H,17,18). The van der Waals surface area contributed by atoms with Crippen LogP contribution >= 0.6 is 0 Å². The number of nitrogens with zero attached hydrogens (tertiary/aromatic N) is 1. The molecule has 8 heteroatoms. The Kier molecular flexibility index (Phi) is 4.81. The van der Waals surface area contributed by atoms with Gasteiger partial charge < -0.3 is 10.2 Å². The maximum Gasteiger partial charge on any atom is 0.322 e.